The van der Waals surface area contributed by atoms with E-state index in [4.69, 9.17) is 4.74 Å². The predicted molar refractivity (Wildman–Crippen MR) is 118 cm³/mol. The lowest BCUT2D eigenvalue weighted by atomic mass is 9.93. The maximum atomic E-state index is 10.8. The molecule has 1 saturated carbocycles. The lowest BCUT2D eigenvalue weighted by molar-refractivity contribution is -0.384. The summed E-state index contributed by atoms with van der Waals surface area (Å²) in [5.74, 6) is 1.24. The van der Waals surface area contributed by atoms with Gasteiger partial charge in [0, 0.05) is 37.2 Å². The highest BCUT2D eigenvalue weighted by atomic mass is 127. The average Bonchev–Trinajstić information content (AvgIpc) is 3.19. The van der Waals surface area contributed by atoms with Gasteiger partial charge in [-0.1, -0.05) is 12.1 Å². The molecule has 1 saturated heterocycles. The molecule has 3 rings (SSSR count). The van der Waals surface area contributed by atoms with Crippen LogP contribution in [-0.4, -0.2) is 47.9 Å². The number of nitrogens with zero attached hydrogens (tertiary/aromatic N) is 2. The van der Waals surface area contributed by atoms with Gasteiger partial charge >= 0.3 is 0 Å². The van der Waals surface area contributed by atoms with Gasteiger partial charge in [-0.15, -0.1) is 24.0 Å². The predicted octanol–water partition coefficient (Wildman–Crippen LogP) is 2.59. The Kier molecular flexibility index (Phi) is 9.39. The average molecular weight is 504 g/mol. The molecule has 0 amide bonds. The molecule has 9 heteroatoms. The number of aliphatic hydroxyl groups is 1. The molecular weight excluding hydrogens is 475 g/mol. The largest absolute Gasteiger partial charge is 0.393 e. The number of hydrogen-bond acceptors (Lipinski definition) is 5. The molecule has 0 bridgehead atoms. The third kappa shape index (κ3) is 7.17. The van der Waals surface area contributed by atoms with Crippen LogP contribution in [0.3, 0.4) is 0 Å². The Hall–Kier alpha value is -1.46. The molecule has 1 atom stereocenters. The fraction of sp³-hybridized carbons (Fsp3) is 0.632. The molecule has 156 valence electrons. The summed E-state index contributed by atoms with van der Waals surface area (Å²) in [5.41, 5.74) is 1.01. The molecule has 0 aromatic heterocycles. The summed E-state index contributed by atoms with van der Waals surface area (Å²) >= 11 is 0. The number of benzene rings is 1. The van der Waals surface area contributed by atoms with Gasteiger partial charge in [-0.2, -0.15) is 0 Å². The van der Waals surface area contributed by atoms with E-state index < -0.39 is 4.92 Å². The third-order valence-electron chi connectivity index (χ3n) is 5.19. The van der Waals surface area contributed by atoms with E-state index in [9.17, 15) is 15.2 Å². The van der Waals surface area contributed by atoms with E-state index in [2.05, 4.69) is 15.6 Å². The Morgan fingerprint density at radius 3 is 2.54 bits per heavy atom. The topological polar surface area (TPSA) is 109 Å². The minimum absolute atomic E-state index is 0. The van der Waals surface area contributed by atoms with Crippen LogP contribution >= 0.6 is 24.0 Å². The monoisotopic (exact) mass is 504 g/mol. The van der Waals surface area contributed by atoms with Gasteiger partial charge in [-0.25, -0.2) is 4.99 Å². The van der Waals surface area contributed by atoms with Crippen LogP contribution in [0.25, 0.3) is 0 Å². The first-order valence-electron chi connectivity index (χ1n) is 9.64. The summed E-state index contributed by atoms with van der Waals surface area (Å²) in [6, 6.07) is 6.78. The SMILES string of the molecule is I.O=[N+]([O-])c1ccc(CN=C(NCC2CCOC2)NC2CCC(O)CC2)cc1. The van der Waals surface area contributed by atoms with E-state index in [1.165, 1.54) is 12.1 Å². The van der Waals surface area contributed by atoms with Crippen molar-refractivity contribution in [2.75, 3.05) is 19.8 Å². The number of hydrogen-bond donors (Lipinski definition) is 3. The van der Waals surface area contributed by atoms with Crippen molar-refractivity contribution < 1.29 is 14.8 Å². The van der Waals surface area contributed by atoms with E-state index in [1.807, 2.05) is 0 Å². The number of nitrogens with one attached hydrogen (secondary N) is 2. The molecule has 8 nitrogen and oxygen atoms in total. The van der Waals surface area contributed by atoms with Crippen molar-refractivity contribution in [3.05, 3.63) is 39.9 Å². The zero-order chi connectivity index (χ0) is 19.1. The maximum Gasteiger partial charge on any atom is 0.269 e. The van der Waals surface area contributed by atoms with Gasteiger partial charge in [-0.05, 0) is 37.7 Å². The smallest absolute Gasteiger partial charge is 0.269 e. The van der Waals surface area contributed by atoms with Gasteiger partial charge in [0.25, 0.3) is 5.69 Å². The Morgan fingerprint density at radius 2 is 1.93 bits per heavy atom. The molecule has 0 radical (unpaired) electrons. The van der Waals surface area contributed by atoms with Crippen LogP contribution < -0.4 is 10.6 Å². The number of nitro benzene ring substituents is 1. The molecule has 1 aliphatic heterocycles. The number of non-ortho nitro benzene ring substituents is 1. The van der Waals surface area contributed by atoms with Crippen LogP contribution in [-0.2, 0) is 11.3 Å². The molecule has 0 spiro atoms. The zero-order valence-electron chi connectivity index (χ0n) is 15.9. The number of rotatable bonds is 6. The minimum Gasteiger partial charge on any atom is -0.393 e. The van der Waals surface area contributed by atoms with E-state index in [-0.39, 0.29) is 35.8 Å². The molecule has 1 aromatic carbocycles. The van der Waals surface area contributed by atoms with E-state index in [0.717, 1.165) is 63.4 Å². The number of nitro groups is 1. The third-order valence-corrected chi connectivity index (χ3v) is 5.19. The number of aliphatic imine (C=N–C) groups is 1. The number of guanidine groups is 1. The Labute approximate surface area is 182 Å². The van der Waals surface area contributed by atoms with E-state index >= 15 is 0 Å². The summed E-state index contributed by atoms with van der Waals surface area (Å²) in [6.07, 6.45) is 4.33. The van der Waals surface area contributed by atoms with Crippen LogP contribution in [0, 0.1) is 16.0 Å². The fourth-order valence-corrected chi connectivity index (χ4v) is 3.44. The van der Waals surface area contributed by atoms with Crippen molar-refractivity contribution in [3.8, 4) is 0 Å². The summed E-state index contributed by atoms with van der Waals surface area (Å²) < 4.78 is 5.43. The Morgan fingerprint density at radius 1 is 1.21 bits per heavy atom. The summed E-state index contributed by atoms with van der Waals surface area (Å²) in [4.78, 5) is 15.0. The van der Waals surface area contributed by atoms with E-state index in [1.54, 1.807) is 12.1 Å². The van der Waals surface area contributed by atoms with Gasteiger partial charge in [0.1, 0.15) is 0 Å². The van der Waals surface area contributed by atoms with Crippen molar-refractivity contribution in [1.82, 2.24) is 10.6 Å². The molecule has 1 aromatic rings. The van der Waals surface area contributed by atoms with Gasteiger partial charge in [0.2, 0.25) is 0 Å². The fourth-order valence-electron chi connectivity index (χ4n) is 3.44. The first-order chi connectivity index (χ1) is 13.1. The van der Waals surface area contributed by atoms with Crippen LogP contribution in [0.2, 0.25) is 0 Å². The van der Waals surface area contributed by atoms with Crippen LogP contribution in [0.1, 0.15) is 37.7 Å². The zero-order valence-corrected chi connectivity index (χ0v) is 18.2. The van der Waals surface area contributed by atoms with Crippen LogP contribution in [0.15, 0.2) is 29.3 Å². The highest BCUT2D eigenvalue weighted by Gasteiger charge is 2.21. The molecule has 1 unspecified atom stereocenters. The molecule has 28 heavy (non-hydrogen) atoms. The molecular formula is C19H29IN4O4. The second-order valence-corrected chi connectivity index (χ2v) is 7.35. The first-order valence-corrected chi connectivity index (χ1v) is 9.64. The van der Waals surface area contributed by atoms with Crippen molar-refractivity contribution in [2.24, 2.45) is 10.9 Å². The summed E-state index contributed by atoms with van der Waals surface area (Å²) in [6.45, 7) is 2.85. The van der Waals surface area contributed by atoms with Gasteiger partial charge in [0.05, 0.1) is 24.2 Å². The van der Waals surface area contributed by atoms with Crippen molar-refractivity contribution in [2.45, 2.75) is 50.8 Å². The second-order valence-electron chi connectivity index (χ2n) is 7.35. The van der Waals surface area contributed by atoms with Crippen LogP contribution in [0.5, 0.6) is 0 Å². The lowest BCUT2D eigenvalue weighted by Crippen LogP contribution is -2.46. The second kappa shape index (κ2) is 11.5. The van der Waals surface area contributed by atoms with Crippen molar-refractivity contribution >= 4 is 35.6 Å². The number of aliphatic hydroxyl groups excluding tert-OH is 1. The molecule has 1 heterocycles. The molecule has 3 N–H and O–H groups in total. The Balaban J connectivity index is 0.00000280. The number of ether oxygens (including phenoxy) is 1. The highest BCUT2D eigenvalue weighted by molar-refractivity contribution is 14.0. The number of halogens is 1. The van der Waals surface area contributed by atoms with Crippen molar-refractivity contribution in [1.29, 1.82) is 0 Å². The first kappa shape index (κ1) is 22.8. The highest BCUT2D eigenvalue weighted by Crippen LogP contribution is 2.18. The molecule has 1 aliphatic carbocycles. The lowest BCUT2D eigenvalue weighted by Gasteiger charge is -2.28. The van der Waals surface area contributed by atoms with Gasteiger partial charge in [-0.3, -0.25) is 10.1 Å². The Bertz CT molecular complexity index is 642. The van der Waals surface area contributed by atoms with Gasteiger partial charge in [0.15, 0.2) is 5.96 Å². The molecule has 2 fully saturated rings. The standard InChI is InChI=1S/C19H28N4O4.HI/c24-18-7-3-16(4-8-18)22-19(21-12-15-9-10-27-13-15)20-11-14-1-5-17(6-2-14)23(25)26;/h1-2,5-6,15-16,18,24H,3-4,7-13H2,(H2,20,21,22);1H. The molecule has 2 aliphatic rings. The van der Waals surface area contributed by atoms with Gasteiger partial charge < -0.3 is 20.5 Å². The van der Waals surface area contributed by atoms with Crippen LogP contribution in [0.4, 0.5) is 5.69 Å². The summed E-state index contributed by atoms with van der Waals surface area (Å²) in [5, 5.41) is 27.3. The maximum absolute atomic E-state index is 10.8. The van der Waals surface area contributed by atoms with Crippen molar-refractivity contribution in [3.63, 3.8) is 0 Å². The van der Waals surface area contributed by atoms with E-state index in [0.29, 0.717) is 18.5 Å². The quantitative estimate of drug-likeness (QED) is 0.181. The summed E-state index contributed by atoms with van der Waals surface area (Å²) in [7, 11) is 0. The minimum atomic E-state index is -0.400. The normalized spacial score (nSPS) is 25.0.